The van der Waals surface area contributed by atoms with Gasteiger partial charge in [-0.15, -0.1) is 0 Å². The molecule has 7 amide bonds. The maximum Gasteiger partial charge on any atom is 0.251 e. The largest absolute Gasteiger partial charge is 0.496 e. The molecule has 3 aliphatic heterocycles. The van der Waals surface area contributed by atoms with Crippen LogP contribution in [0.2, 0.25) is 0 Å². The van der Waals surface area contributed by atoms with Crippen LogP contribution in [-0.4, -0.2) is 230 Å². The third-order valence-corrected chi connectivity index (χ3v) is 23.7. The predicted octanol–water partition coefficient (Wildman–Crippen LogP) is 11.2. The van der Waals surface area contributed by atoms with Crippen LogP contribution in [0.4, 0.5) is 17.6 Å². The van der Waals surface area contributed by atoms with E-state index >= 15 is 0 Å². The number of ether oxygens (including phenoxy) is 1. The number of amides is 7. The quantitative estimate of drug-likeness (QED) is 0.0114. The highest BCUT2D eigenvalue weighted by molar-refractivity contribution is 6.00. The summed E-state index contributed by atoms with van der Waals surface area (Å²) in [5, 5.41) is 22.4. The number of hydrogen-bond donors (Lipinski definition) is 7. The summed E-state index contributed by atoms with van der Waals surface area (Å²) in [6, 6.07) is 54.1. The minimum atomic E-state index is -0.706. The van der Waals surface area contributed by atoms with Crippen molar-refractivity contribution in [3.05, 3.63) is 263 Å². The van der Waals surface area contributed by atoms with Crippen LogP contribution >= 0.6 is 0 Å². The summed E-state index contributed by atoms with van der Waals surface area (Å²) >= 11 is 0. The van der Waals surface area contributed by atoms with Crippen molar-refractivity contribution < 1.29 is 55.9 Å². The SMILES string of the molecule is CN1CCN(C(=O)[C@H](CCCNC2CC2c2ccc(F)cc2)NC(=O)c2ccc(-c3ccccn3)cc2)CC1.COc1ccccc1-c1ccc(C(=O)N[C@@H](CCCNC2CC2c2ccc(F)cc2)C(=O)N2CCN(C)CC2)cc1.O=CNC1CCN(C(=O)[C@H](CCCN[C@@H]2C[C@H]2c2ccc(F)cc2)NC(=O)c2ccc(-c3ncc(F)cn3)cc2)CC1. The number of benzene rings is 7. The zero-order valence-electron chi connectivity index (χ0n) is 69.3. The van der Waals surface area contributed by atoms with Crippen LogP contribution in [0, 0.1) is 23.3 Å². The lowest BCUT2D eigenvalue weighted by molar-refractivity contribution is -0.135. The number of para-hydroxylation sites is 1. The summed E-state index contributed by atoms with van der Waals surface area (Å²) < 4.78 is 58.3. The Balaban J connectivity index is 0.000000158. The van der Waals surface area contributed by atoms with Gasteiger partial charge in [0.2, 0.25) is 24.1 Å². The molecule has 3 saturated heterocycles. The number of halogens is 4. The molecule has 0 spiro atoms. The van der Waals surface area contributed by atoms with Crippen molar-refractivity contribution in [3.63, 3.8) is 0 Å². The van der Waals surface area contributed by atoms with Gasteiger partial charge in [0.1, 0.15) is 41.3 Å². The number of aromatic nitrogens is 3. The Hall–Kier alpha value is -11.6. The number of hydrogen-bond acceptors (Lipinski definition) is 16. The summed E-state index contributed by atoms with van der Waals surface area (Å²) in [4.78, 5) is 113. The molecule has 23 nitrogen and oxygen atoms in total. The van der Waals surface area contributed by atoms with E-state index in [1.807, 2.05) is 113 Å². The van der Waals surface area contributed by atoms with E-state index in [0.29, 0.717) is 155 Å². The van der Waals surface area contributed by atoms with E-state index < -0.39 is 23.9 Å². The molecule has 9 atom stereocenters. The first-order valence-electron chi connectivity index (χ1n) is 42.5. The van der Waals surface area contributed by atoms with Gasteiger partial charge >= 0.3 is 0 Å². The molecule has 0 radical (unpaired) electrons. The lowest BCUT2D eigenvalue weighted by atomic mass is 10.0. The maximum absolute atomic E-state index is 13.5. The molecule has 9 aromatic rings. The first-order valence-corrected chi connectivity index (χ1v) is 42.5. The Kier molecular flexibility index (Phi) is 31.2. The van der Waals surface area contributed by atoms with Gasteiger partial charge < -0.3 is 66.5 Å². The van der Waals surface area contributed by atoms with Gasteiger partial charge in [-0.25, -0.2) is 27.5 Å². The smallest absolute Gasteiger partial charge is 0.251 e. The van der Waals surface area contributed by atoms with Gasteiger partial charge in [0, 0.05) is 147 Å². The lowest BCUT2D eigenvalue weighted by Gasteiger charge is -2.34. The van der Waals surface area contributed by atoms with Gasteiger partial charge in [-0.3, -0.25) is 38.5 Å². The Morgan fingerprint density at radius 2 is 0.795 bits per heavy atom. The van der Waals surface area contributed by atoms with E-state index in [1.54, 1.807) is 66.7 Å². The normalized spacial score (nSPS) is 19.5. The van der Waals surface area contributed by atoms with Crippen molar-refractivity contribution in [1.29, 1.82) is 0 Å². The average molecular weight is 1670 g/mol. The summed E-state index contributed by atoms with van der Waals surface area (Å²) in [6.07, 6.45) is 12.7. The highest BCUT2D eigenvalue weighted by Crippen LogP contribution is 2.43. The lowest BCUT2D eigenvalue weighted by Crippen LogP contribution is -2.54. The first-order chi connectivity index (χ1) is 59.3. The summed E-state index contributed by atoms with van der Waals surface area (Å²) in [5.41, 5.74) is 9.14. The van der Waals surface area contributed by atoms with Crippen molar-refractivity contribution in [2.75, 3.05) is 106 Å². The van der Waals surface area contributed by atoms with Gasteiger partial charge in [-0.2, -0.15) is 0 Å². The molecule has 0 bridgehead atoms. The molecule has 6 fully saturated rings. The predicted molar refractivity (Wildman–Crippen MR) is 461 cm³/mol. The maximum atomic E-state index is 13.5. The zero-order chi connectivity index (χ0) is 85.4. The second kappa shape index (κ2) is 43.2. The average Bonchev–Trinajstić information content (AvgIpc) is 1.67. The van der Waals surface area contributed by atoms with Crippen molar-refractivity contribution in [3.8, 4) is 39.5 Å². The Morgan fingerprint density at radius 1 is 0.426 bits per heavy atom. The van der Waals surface area contributed by atoms with Crippen LogP contribution in [0.25, 0.3) is 33.8 Å². The van der Waals surface area contributed by atoms with Gasteiger partial charge in [0.15, 0.2) is 11.6 Å². The summed E-state index contributed by atoms with van der Waals surface area (Å²) in [7, 11) is 5.75. The van der Waals surface area contributed by atoms with Crippen molar-refractivity contribution >= 4 is 41.9 Å². The Morgan fingerprint density at radius 3 is 1.17 bits per heavy atom. The number of likely N-dealkylation sites (N-methyl/N-ethyl adjacent to an activating group) is 2. The van der Waals surface area contributed by atoms with Crippen LogP contribution in [0.5, 0.6) is 5.75 Å². The summed E-state index contributed by atoms with van der Waals surface area (Å²) in [5.74, 6) is 0.00572. The van der Waals surface area contributed by atoms with Crippen LogP contribution in [0.15, 0.2) is 207 Å². The number of nitrogens with one attached hydrogen (secondary N) is 7. The highest BCUT2D eigenvalue weighted by Gasteiger charge is 2.41. The van der Waals surface area contributed by atoms with Gasteiger partial charge in [-0.05, 0) is 218 Å². The first kappa shape index (κ1) is 88.2. The molecule has 122 heavy (non-hydrogen) atoms. The van der Waals surface area contributed by atoms with Crippen LogP contribution in [-0.2, 0) is 19.2 Å². The number of nitrogens with zero attached hydrogens (tertiary/aromatic N) is 8. The number of likely N-dealkylation sites (tertiary alicyclic amines) is 1. The number of rotatable bonds is 33. The molecule has 6 aliphatic rings. The number of carbonyl (C=O) groups is 7. The van der Waals surface area contributed by atoms with Crippen LogP contribution in [0.1, 0.15) is 136 Å². The molecular weight excluding hydrogens is 1560 g/mol. The van der Waals surface area contributed by atoms with Gasteiger partial charge in [0.25, 0.3) is 17.7 Å². The molecule has 640 valence electrons. The minimum Gasteiger partial charge on any atom is -0.496 e. The van der Waals surface area contributed by atoms with E-state index in [1.165, 1.54) is 36.4 Å². The number of methoxy groups -OCH3 is 1. The fourth-order valence-corrected chi connectivity index (χ4v) is 16.1. The van der Waals surface area contributed by atoms with E-state index in [0.717, 1.165) is 129 Å². The second-order valence-corrected chi connectivity index (χ2v) is 32.4. The number of piperazine rings is 2. The molecule has 2 aromatic heterocycles. The van der Waals surface area contributed by atoms with Crippen molar-refractivity contribution in [2.45, 2.75) is 131 Å². The van der Waals surface area contributed by atoms with Crippen molar-refractivity contribution in [1.82, 2.24) is 76.7 Å². The monoisotopic (exact) mass is 1660 g/mol. The van der Waals surface area contributed by atoms with E-state index in [9.17, 15) is 51.1 Å². The van der Waals surface area contributed by atoms with E-state index in [-0.39, 0.29) is 58.9 Å². The molecule has 4 unspecified atom stereocenters. The fraction of sp³-hybridized carbons (Fsp3) is 0.389. The highest BCUT2D eigenvalue weighted by atomic mass is 19.1. The third kappa shape index (κ3) is 25.0. The number of carbonyl (C=O) groups excluding carboxylic acids is 7. The van der Waals surface area contributed by atoms with Crippen LogP contribution < -0.4 is 42.0 Å². The molecule has 7 aromatic carbocycles. The topological polar surface area (TPSA) is 268 Å². The van der Waals surface area contributed by atoms with Crippen molar-refractivity contribution in [2.24, 2.45) is 0 Å². The molecule has 3 saturated carbocycles. The molecule has 5 heterocycles. The molecule has 27 heteroatoms. The van der Waals surface area contributed by atoms with E-state index in [2.05, 4.69) is 76.1 Å². The zero-order valence-corrected chi connectivity index (χ0v) is 69.3. The summed E-state index contributed by atoms with van der Waals surface area (Å²) in [6.45, 7) is 9.15. The molecular formula is C95H109F4N15O8. The second-order valence-electron chi connectivity index (χ2n) is 32.4. The third-order valence-electron chi connectivity index (χ3n) is 23.7. The molecule has 3 aliphatic carbocycles. The van der Waals surface area contributed by atoms with Gasteiger partial charge in [-0.1, -0.05) is 97.1 Å². The van der Waals surface area contributed by atoms with Gasteiger partial charge in [0.05, 0.1) is 25.2 Å². The standard InChI is InChI=1S/C33H39FN4O3.C31H34F2N6O3.C31H36FN5O2/c1-37-18-20-38(21-19-37)33(40)29(7-5-17-35-30-22-28(30)24-13-15-26(34)16-14-24)36-32(39)25-11-9-23(10-12-25)27-6-3-4-8-31(27)41-2;32-23-9-7-20(8-10-23)26-16-28(26)34-13-1-2-27(31(42)39-14-11-25(12-15-39)37-19-40)38-30(41)22-5-3-21(4-6-22)29-35-17-24(33)18-36-29;1-36-17-19-37(20-18-36)31(39)28(6-4-16-34-29-21-26(29)22-11-13-25(32)14-12-22)35-30(38)24-9-7-23(8-10-24)27-5-2-3-15-33-27/h3-4,6,8-16,28-30,35H,5,7,17-22H2,1-2H3,(H,36,39);3-10,17-19,25-28,34H,1-2,11-16H2,(H,37,40)(H,38,41);2-3,5,7-15,26,28-29,34H,4,6,16-21H2,1H3,(H,35,38)/t28?,29-,30?;26-,27-,28+;26?,28-,29?/m000/s1. The number of piperidine rings is 1. The van der Waals surface area contributed by atoms with E-state index in [4.69, 9.17) is 4.74 Å². The minimum absolute atomic E-state index is 0.0165. The fourth-order valence-electron chi connectivity index (χ4n) is 16.1. The van der Waals surface area contributed by atoms with Crippen LogP contribution in [0.3, 0.4) is 0 Å². The molecule has 15 rings (SSSR count). The number of pyridine rings is 1. The Bertz CT molecular complexity index is 4910. The Labute approximate surface area is 710 Å². The molecule has 7 N–H and O–H groups in total.